The minimum atomic E-state index is -1.25. The van der Waals surface area contributed by atoms with Gasteiger partial charge in [-0.3, -0.25) is 10.1 Å². The molecule has 10 heteroatoms. The molecule has 0 radical (unpaired) electrons. The fraction of sp³-hybridized carbons (Fsp3) is 0.364. The second kappa shape index (κ2) is 5.87. The number of nitrogens with zero attached hydrogens (tertiary/aromatic N) is 5. The van der Waals surface area contributed by atoms with Crippen LogP contribution in [0.4, 0.5) is 14.5 Å². The maximum absolute atomic E-state index is 13.9. The lowest BCUT2D eigenvalue weighted by molar-refractivity contribution is -0.387. The maximum Gasteiger partial charge on any atom is 0.307 e. The summed E-state index contributed by atoms with van der Waals surface area (Å²) in [5, 5.41) is 24.6. The van der Waals surface area contributed by atoms with Gasteiger partial charge in [-0.25, -0.2) is 4.39 Å². The minimum Gasteiger partial charge on any atom is -0.308 e. The first-order valence-electron chi connectivity index (χ1n) is 6.11. The quantitative estimate of drug-likeness (QED) is 0.663. The third-order valence-electron chi connectivity index (χ3n) is 2.83. The van der Waals surface area contributed by atoms with Gasteiger partial charge in [-0.1, -0.05) is 6.92 Å². The van der Waals surface area contributed by atoms with Crippen molar-refractivity contribution in [3.8, 4) is 5.69 Å². The molecule has 0 fully saturated rings. The molecular formula is C11H12F2N6O2. The van der Waals surface area contributed by atoms with Gasteiger partial charge in [0.15, 0.2) is 11.6 Å². The highest BCUT2D eigenvalue weighted by atomic mass is 19.1. The Bertz CT molecular complexity index is 675. The van der Waals surface area contributed by atoms with Crippen molar-refractivity contribution in [2.24, 2.45) is 0 Å². The fourth-order valence-corrected chi connectivity index (χ4v) is 1.86. The van der Waals surface area contributed by atoms with Crippen molar-refractivity contribution < 1.29 is 13.7 Å². The Morgan fingerprint density at radius 3 is 2.76 bits per heavy atom. The molecule has 1 heterocycles. The molecule has 0 aliphatic rings. The normalized spacial score (nSPS) is 12.4. The predicted octanol–water partition coefficient (Wildman–Crippen LogP) is 1.52. The zero-order chi connectivity index (χ0) is 15.6. The summed E-state index contributed by atoms with van der Waals surface area (Å²) in [6, 6.07) is 0.897. The Balaban J connectivity index is 2.55. The maximum atomic E-state index is 13.9. The lowest BCUT2D eigenvalue weighted by Crippen LogP contribution is -2.22. The van der Waals surface area contributed by atoms with Crippen molar-refractivity contribution in [1.29, 1.82) is 0 Å². The summed E-state index contributed by atoms with van der Waals surface area (Å²) in [5.41, 5.74) is -1.13. The summed E-state index contributed by atoms with van der Waals surface area (Å²) >= 11 is 0. The molecule has 2 rings (SSSR count). The number of nitrogens with one attached hydrogen (secondary N) is 1. The van der Waals surface area contributed by atoms with E-state index in [0.717, 1.165) is 10.7 Å². The van der Waals surface area contributed by atoms with Crippen LogP contribution in [-0.2, 0) is 0 Å². The van der Waals surface area contributed by atoms with E-state index < -0.39 is 22.2 Å². The first kappa shape index (κ1) is 14.9. The Morgan fingerprint density at radius 1 is 1.43 bits per heavy atom. The number of halogens is 2. The summed E-state index contributed by atoms with van der Waals surface area (Å²) in [6.07, 6.45) is 0. The second-order valence-corrected chi connectivity index (χ2v) is 4.24. The van der Waals surface area contributed by atoms with Gasteiger partial charge in [0.2, 0.25) is 5.82 Å². The fourth-order valence-electron chi connectivity index (χ4n) is 1.86. The number of rotatable bonds is 5. The summed E-state index contributed by atoms with van der Waals surface area (Å²) in [7, 11) is 0. The van der Waals surface area contributed by atoms with E-state index in [4.69, 9.17) is 0 Å². The van der Waals surface area contributed by atoms with Crippen LogP contribution in [0.1, 0.15) is 25.7 Å². The Morgan fingerprint density at radius 2 is 2.14 bits per heavy atom. The van der Waals surface area contributed by atoms with Gasteiger partial charge < -0.3 is 5.32 Å². The van der Waals surface area contributed by atoms with Crippen LogP contribution in [0.3, 0.4) is 0 Å². The average Bonchev–Trinajstić information content (AvgIpc) is 2.87. The van der Waals surface area contributed by atoms with E-state index in [1.165, 1.54) is 0 Å². The van der Waals surface area contributed by atoms with E-state index in [0.29, 0.717) is 12.6 Å². The number of nitro benzene ring substituents is 1. The molecule has 0 saturated heterocycles. The SMILES string of the molecule is CCNC(C)c1nnnn1-c1cc([N+](=O)[O-])c(F)cc1F. The van der Waals surface area contributed by atoms with Gasteiger partial charge in [0.25, 0.3) is 0 Å². The Kier molecular flexibility index (Phi) is 4.17. The van der Waals surface area contributed by atoms with Crippen molar-refractivity contribution in [3.63, 3.8) is 0 Å². The van der Waals surface area contributed by atoms with E-state index in [1.54, 1.807) is 6.92 Å². The van der Waals surface area contributed by atoms with Gasteiger partial charge in [0.05, 0.1) is 11.0 Å². The molecule has 0 spiro atoms. The van der Waals surface area contributed by atoms with Gasteiger partial charge >= 0.3 is 5.69 Å². The van der Waals surface area contributed by atoms with E-state index in [9.17, 15) is 18.9 Å². The molecule has 1 aromatic heterocycles. The minimum absolute atomic E-state index is 0.261. The number of benzene rings is 1. The summed E-state index contributed by atoms with van der Waals surface area (Å²) in [4.78, 5) is 9.81. The largest absolute Gasteiger partial charge is 0.308 e. The molecule has 1 unspecified atom stereocenters. The average molecular weight is 298 g/mol. The van der Waals surface area contributed by atoms with Gasteiger partial charge in [0, 0.05) is 12.1 Å². The molecule has 1 aromatic carbocycles. The molecule has 0 saturated carbocycles. The number of hydrogen-bond acceptors (Lipinski definition) is 6. The zero-order valence-electron chi connectivity index (χ0n) is 11.2. The lowest BCUT2D eigenvalue weighted by atomic mass is 10.2. The summed E-state index contributed by atoms with van der Waals surface area (Å²) in [5.74, 6) is -1.98. The Labute approximate surface area is 117 Å². The molecule has 0 aliphatic carbocycles. The molecule has 1 N–H and O–H groups in total. The van der Waals surface area contributed by atoms with Crippen LogP contribution in [0.2, 0.25) is 0 Å². The molecule has 0 amide bonds. The molecule has 0 bridgehead atoms. The number of aromatic nitrogens is 4. The molecule has 1 atom stereocenters. The van der Waals surface area contributed by atoms with Gasteiger partial charge in [-0.05, 0) is 23.9 Å². The van der Waals surface area contributed by atoms with E-state index in [2.05, 4.69) is 20.8 Å². The van der Waals surface area contributed by atoms with E-state index in [1.807, 2.05) is 6.92 Å². The second-order valence-electron chi connectivity index (χ2n) is 4.24. The van der Waals surface area contributed by atoms with E-state index >= 15 is 0 Å². The van der Waals surface area contributed by atoms with Crippen molar-refractivity contribution in [1.82, 2.24) is 25.5 Å². The topological polar surface area (TPSA) is 98.8 Å². The summed E-state index contributed by atoms with van der Waals surface area (Å²) in [6.45, 7) is 4.25. The van der Waals surface area contributed by atoms with Gasteiger partial charge in [-0.15, -0.1) is 5.10 Å². The molecule has 2 aromatic rings. The summed E-state index contributed by atoms with van der Waals surface area (Å²) < 4.78 is 28.2. The van der Waals surface area contributed by atoms with Crippen LogP contribution in [-0.4, -0.2) is 31.7 Å². The number of tetrazole rings is 1. The van der Waals surface area contributed by atoms with Crippen LogP contribution < -0.4 is 5.32 Å². The first-order valence-corrected chi connectivity index (χ1v) is 6.11. The van der Waals surface area contributed by atoms with Crippen molar-refractivity contribution >= 4 is 5.69 Å². The standard InChI is InChI=1S/C11H12F2N6O2/c1-3-14-6(2)11-15-16-17-18(11)9-5-10(19(20)21)8(13)4-7(9)12/h4-6,14H,3H2,1-2H3. The highest BCUT2D eigenvalue weighted by Gasteiger charge is 2.23. The van der Waals surface area contributed by atoms with Crippen LogP contribution in [0.25, 0.3) is 5.69 Å². The van der Waals surface area contributed by atoms with Crippen molar-refractivity contribution in [2.75, 3.05) is 6.54 Å². The molecule has 21 heavy (non-hydrogen) atoms. The third-order valence-corrected chi connectivity index (χ3v) is 2.83. The molecule has 112 valence electrons. The van der Waals surface area contributed by atoms with Crippen LogP contribution >= 0.6 is 0 Å². The zero-order valence-corrected chi connectivity index (χ0v) is 11.2. The Hall–Kier alpha value is -2.49. The number of nitro groups is 1. The van der Waals surface area contributed by atoms with Crippen LogP contribution in [0.15, 0.2) is 12.1 Å². The highest BCUT2D eigenvalue weighted by Crippen LogP contribution is 2.25. The van der Waals surface area contributed by atoms with Gasteiger partial charge in [0.1, 0.15) is 5.69 Å². The van der Waals surface area contributed by atoms with E-state index in [-0.39, 0.29) is 17.6 Å². The molecular weight excluding hydrogens is 286 g/mol. The van der Waals surface area contributed by atoms with Crippen molar-refractivity contribution in [3.05, 3.63) is 39.7 Å². The van der Waals surface area contributed by atoms with Crippen LogP contribution in [0.5, 0.6) is 0 Å². The number of hydrogen-bond donors (Lipinski definition) is 1. The van der Waals surface area contributed by atoms with Crippen molar-refractivity contribution in [2.45, 2.75) is 19.9 Å². The monoisotopic (exact) mass is 298 g/mol. The third kappa shape index (κ3) is 2.84. The highest BCUT2D eigenvalue weighted by molar-refractivity contribution is 5.45. The van der Waals surface area contributed by atoms with Gasteiger partial charge in [-0.2, -0.15) is 9.07 Å². The molecule has 0 aliphatic heterocycles. The first-order chi connectivity index (χ1) is 9.95. The molecule has 8 nitrogen and oxygen atoms in total. The predicted molar refractivity (Wildman–Crippen MR) is 67.8 cm³/mol. The smallest absolute Gasteiger partial charge is 0.307 e. The lowest BCUT2D eigenvalue weighted by Gasteiger charge is -2.12. The van der Waals surface area contributed by atoms with Crippen LogP contribution in [0, 0.1) is 21.7 Å².